The van der Waals surface area contributed by atoms with E-state index >= 15 is 0 Å². The maximum atomic E-state index is 2.41. The van der Waals surface area contributed by atoms with E-state index in [1.54, 1.807) is 0 Å². The first-order valence-corrected chi connectivity index (χ1v) is 17.2. The molecule has 0 bridgehead atoms. The Morgan fingerprint density at radius 3 is 1.65 bits per heavy atom. The van der Waals surface area contributed by atoms with Gasteiger partial charge in [0, 0.05) is 26.8 Å². The Kier molecular flexibility index (Phi) is 7.07. The molecule has 1 heterocycles. The van der Waals surface area contributed by atoms with Gasteiger partial charge in [-0.15, -0.1) is 11.3 Å². The lowest BCUT2D eigenvalue weighted by atomic mass is 9.95. The van der Waals surface area contributed by atoms with E-state index in [1.807, 2.05) is 11.3 Å². The average Bonchev–Trinajstić information content (AvgIpc) is 3.55. The van der Waals surface area contributed by atoms with Gasteiger partial charge in [0.25, 0.3) is 0 Å². The molecule has 0 spiro atoms. The van der Waals surface area contributed by atoms with Crippen molar-refractivity contribution in [3.8, 4) is 33.4 Å². The van der Waals surface area contributed by atoms with Gasteiger partial charge in [0.05, 0.1) is 10.4 Å². The molecule has 226 valence electrons. The van der Waals surface area contributed by atoms with Crippen molar-refractivity contribution in [1.29, 1.82) is 0 Å². The summed E-state index contributed by atoms with van der Waals surface area (Å²) in [6.45, 7) is 0. The minimum atomic E-state index is 1.13. The minimum absolute atomic E-state index is 1.13. The lowest BCUT2D eigenvalue weighted by Gasteiger charge is -2.26. The first kappa shape index (κ1) is 28.3. The highest BCUT2D eigenvalue weighted by Gasteiger charge is 2.18. The molecule has 8 aromatic carbocycles. The summed E-state index contributed by atoms with van der Waals surface area (Å²) in [6, 6.07) is 68.1. The number of benzene rings is 8. The number of nitrogens with zero attached hydrogens (tertiary/aromatic N) is 1. The molecule has 0 aliphatic heterocycles. The second-order valence-electron chi connectivity index (χ2n) is 12.2. The van der Waals surface area contributed by atoms with Crippen LogP contribution in [0.4, 0.5) is 17.1 Å². The van der Waals surface area contributed by atoms with Crippen LogP contribution in [0.15, 0.2) is 188 Å². The fraction of sp³-hybridized carbons (Fsp3) is 0. The Labute approximate surface area is 284 Å². The summed E-state index contributed by atoms with van der Waals surface area (Å²) < 4.78 is 2.60. The quantitative estimate of drug-likeness (QED) is 0.177. The topological polar surface area (TPSA) is 3.24 Å². The Bertz CT molecular complexity index is 2530. The summed E-state index contributed by atoms with van der Waals surface area (Å²) >= 11 is 1.86. The third-order valence-corrected chi connectivity index (χ3v) is 10.5. The average molecular weight is 630 g/mol. The number of fused-ring (bicyclic) bond motifs is 4. The minimum Gasteiger partial charge on any atom is -0.309 e. The lowest BCUT2D eigenvalue weighted by Crippen LogP contribution is -2.10. The molecule has 0 amide bonds. The first-order chi connectivity index (χ1) is 23.8. The standard InChI is InChI=1S/C46H31NS/c1-3-11-32(12-4-1)33-21-26-38(27-22-33)47(44-19-10-18-43-42-16-7-8-20-45(42)48-46(43)44)39-28-23-34(24-29-39)36-25-30-41-37(31-36)15-9-17-40(41)35-13-5-2-6-14-35/h1-31H. The van der Waals surface area contributed by atoms with Crippen LogP contribution in [0.1, 0.15) is 0 Å². The molecule has 48 heavy (non-hydrogen) atoms. The molecule has 9 rings (SSSR count). The van der Waals surface area contributed by atoms with Crippen molar-refractivity contribution in [3.63, 3.8) is 0 Å². The molecule has 1 aromatic heterocycles. The van der Waals surface area contributed by atoms with Crippen LogP contribution < -0.4 is 4.90 Å². The summed E-state index contributed by atoms with van der Waals surface area (Å²) in [4.78, 5) is 2.41. The van der Waals surface area contributed by atoms with Gasteiger partial charge >= 0.3 is 0 Å². The Morgan fingerprint density at radius 1 is 0.354 bits per heavy atom. The predicted molar refractivity (Wildman–Crippen MR) is 208 cm³/mol. The second-order valence-corrected chi connectivity index (χ2v) is 13.2. The maximum Gasteiger partial charge on any atom is 0.0640 e. The van der Waals surface area contributed by atoms with Crippen LogP contribution >= 0.6 is 11.3 Å². The number of thiophene rings is 1. The molecule has 2 heteroatoms. The highest BCUT2D eigenvalue weighted by atomic mass is 32.1. The van der Waals surface area contributed by atoms with Crippen molar-refractivity contribution < 1.29 is 0 Å². The normalized spacial score (nSPS) is 11.3. The van der Waals surface area contributed by atoms with Gasteiger partial charge in [-0.25, -0.2) is 0 Å². The molecule has 0 saturated heterocycles. The van der Waals surface area contributed by atoms with Gasteiger partial charge in [0.1, 0.15) is 0 Å². The molecular formula is C46H31NS. The Balaban J connectivity index is 1.14. The van der Waals surface area contributed by atoms with E-state index in [-0.39, 0.29) is 0 Å². The van der Waals surface area contributed by atoms with Crippen molar-refractivity contribution in [2.24, 2.45) is 0 Å². The number of hydrogen-bond donors (Lipinski definition) is 0. The van der Waals surface area contributed by atoms with Crippen LogP contribution in [0.25, 0.3) is 64.3 Å². The van der Waals surface area contributed by atoms with E-state index in [2.05, 4.69) is 193 Å². The lowest BCUT2D eigenvalue weighted by molar-refractivity contribution is 1.30. The predicted octanol–water partition coefficient (Wildman–Crippen LogP) is 13.7. The molecule has 9 aromatic rings. The Hall–Kier alpha value is -5.96. The van der Waals surface area contributed by atoms with Crippen molar-refractivity contribution in [2.75, 3.05) is 4.90 Å². The van der Waals surface area contributed by atoms with Gasteiger partial charge in [-0.05, 0) is 86.6 Å². The highest BCUT2D eigenvalue weighted by Crippen LogP contribution is 2.45. The molecule has 0 fully saturated rings. The van der Waals surface area contributed by atoms with Crippen LogP contribution in [0.2, 0.25) is 0 Å². The van der Waals surface area contributed by atoms with Gasteiger partial charge in [-0.3, -0.25) is 0 Å². The number of hydrogen-bond acceptors (Lipinski definition) is 2. The van der Waals surface area contributed by atoms with Gasteiger partial charge < -0.3 is 4.90 Å². The zero-order valence-electron chi connectivity index (χ0n) is 26.3. The van der Waals surface area contributed by atoms with E-state index in [0.29, 0.717) is 0 Å². The molecular weight excluding hydrogens is 599 g/mol. The Morgan fingerprint density at radius 2 is 0.917 bits per heavy atom. The second kappa shape index (κ2) is 12.0. The summed E-state index contributed by atoms with van der Waals surface area (Å²) in [5, 5.41) is 5.11. The van der Waals surface area contributed by atoms with Gasteiger partial charge in [0.2, 0.25) is 0 Å². The highest BCUT2D eigenvalue weighted by molar-refractivity contribution is 7.26. The SMILES string of the molecule is c1ccc(-c2ccc(N(c3ccc(-c4ccc5c(-c6ccccc6)cccc5c4)cc3)c3cccc4c3sc3ccccc34)cc2)cc1. The van der Waals surface area contributed by atoms with E-state index in [4.69, 9.17) is 0 Å². The molecule has 0 saturated carbocycles. The van der Waals surface area contributed by atoms with Crippen LogP contribution in [0.5, 0.6) is 0 Å². The van der Waals surface area contributed by atoms with Crippen LogP contribution in [0.3, 0.4) is 0 Å². The van der Waals surface area contributed by atoms with Crippen LogP contribution in [0, 0.1) is 0 Å². The summed E-state index contributed by atoms with van der Waals surface area (Å²) in [7, 11) is 0. The zero-order valence-corrected chi connectivity index (χ0v) is 27.1. The summed E-state index contributed by atoms with van der Waals surface area (Å²) in [5.74, 6) is 0. The molecule has 0 unspecified atom stereocenters. The monoisotopic (exact) mass is 629 g/mol. The fourth-order valence-corrected chi connectivity index (χ4v) is 8.11. The third-order valence-electron chi connectivity index (χ3n) is 9.28. The molecule has 1 nitrogen and oxygen atoms in total. The smallest absolute Gasteiger partial charge is 0.0640 e. The van der Waals surface area contributed by atoms with Crippen molar-refractivity contribution in [2.45, 2.75) is 0 Å². The molecule has 0 aliphatic rings. The van der Waals surface area contributed by atoms with Crippen molar-refractivity contribution in [3.05, 3.63) is 188 Å². The van der Waals surface area contributed by atoms with E-state index < -0.39 is 0 Å². The van der Waals surface area contributed by atoms with Gasteiger partial charge in [-0.1, -0.05) is 146 Å². The van der Waals surface area contributed by atoms with E-state index in [9.17, 15) is 0 Å². The first-order valence-electron chi connectivity index (χ1n) is 16.3. The zero-order chi connectivity index (χ0) is 31.9. The third kappa shape index (κ3) is 5.04. The number of anilines is 3. The number of rotatable bonds is 6. The van der Waals surface area contributed by atoms with Crippen LogP contribution in [-0.2, 0) is 0 Å². The summed E-state index contributed by atoms with van der Waals surface area (Å²) in [6.07, 6.45) is 0. The van der Waals surface area contributed by atoms with Crippen LogP contribution in [-0.4, -0.2) is 0 Å². The molecule has 0 aliphatic carbocycles. The molecule has 0 N–H and O–H groups in total. The van der Waals surface area contributed by atoms with Crippen molar-refractivity contribution in [1.82, 2.24) is 0 Å². The molecule has 0 radical (unpaired) electrons. The van der Waals surface area contributed by atoms with E-state index in [0.717, 1.165) is 11.4 Å². The van der Waals surface area contributed by atoms with Crippen molar-refractivity contribution >= 4 is 59.3 Å². The maximum absolute atomic E-state index is 2.41. The van der Waals surface area contributed by atoms with E-state index in [1.165, 1.54) is 70.0 Å². The molecule has 0 atom stereocenters. The fourth-order valence-electron chi connectivity index (χ4n) is 6.90. The largest absolute Gasteiger partial charge is 0.309 e. The van der Waals surface area contributed by atoms with Gasteiger partial charge in [-0.2, -0.15) is 0 Å². The summed E-state index contributed by atoms with van der Waals surface area (Å²) in [5.41, 5.74) is 10.8. The van der Waals surface area contributed by atoms with Gasteiger partial charge in [0.15, 0.2) is 0 Å².